The van der Waals surface area contributed by atoms with E-state index in [4.69, 9.17) is 5.41 Å². The van der Waals surface area contributed by atoms with Gasteiger partial charge in [0.15, 0.2) is 0 Å². The number of alkyl halides is 2. The molecule has 2 aromatic carbocycles. The molecule has 1 fully saturated rings. The maximum absolute atomic E-state index is 13.7. The number of hydrogen-bond donors (Lipinski definition) is 2. The standard InChI is InChI=1S/C19H18F2IN3O2/c1-11(23)16-8-19(20,21)10-25(16)17(26)9-24-18(27)14-6-2-5-13-12(14)4-3-7-15(13)22/h2-7,16,23H,8-10H2,1H3,(H,24,27)/t16-/m0/s1. The molecule has 0 saturated carbocycles. The maximum atomic E-state index is 13.7. The van der Waals surface area contributed by atoms with E-state index in [0.29, 0.717) is 5.56 Å². The molecule has 2 N–H and O–H groups in total. The van der Waals surface area contributed by atoms with Crippen LogP contribution in [0.25, 0.3) is 10.8 Å². The van der Waals surface area contributed by atoms with Gasteiger partial charge in [0.1, 0.15) is 0 Å². The molecular weight excluding hydrogens is 467 g/mol. The molecule has 2 amide bonds. The lowest BCUT2D eigenvalue weighted by Crippen LogP contribution is -2.45. The summed E-state index contributed by atoms with van der Waals surface area (Å²) in [4.78, 5) is 25.9. The lowest BCUT2D eigenvalue weighted by atomic mass is 10.0. The summed E-state index contributed by atoms with van der Waals surface area (Å²) in [5, 5.41) is 11.9. The minimum atomic E-state index is -3.01. The first-order chi connectivity index (χ1) is 12.7. The van der Waals surface area contributed by atoms with E-state index < -0.39 is 36.7 Å². The second-order valence-electron chi connectivity index (χ2n) is 6.60. The molecule has 0 bridgehead atoms. The molecule has 0 aliphatic carbocycles. The first-order valence-electron chi connectivity index (χ1n) is 8.37. The number of likely N-dealkylation sites (tertiary alicyclic amines) is 1. The van der Waals surface area contributed by atoms with Crippen molar-refractivity contribution < 1.29 is 18.4 Å². The molecule has 0 radical (unpaired) electrons. The fourth-order valence-electron chi connectivity index (χ4n) is 3.29. The number of carbonyl (C=O) groups is 2. The Kier molecular flexibility index (Phi) is 5.45. The highest BCUT2D eigenvalue weighted by Crippen LogP contribution is 2.32. The minimum Gasteiger partial charge on any atom is -0.343 e. The summed E-state index contributed by atoms with van der Waals surface area (Å²) in [6.07, 6.45) is -0.552. The number of nitrogens with zero attached hydrogens (tertiary/aromatic N) is 1. The van der Waals surface area contributed by atoms with Crippen molar-refractivity contribution >= 4 is 50.9 Å². The van der Waals surface area contributed by atoms with Gasteiger partial charge in [-0.1, -0.05) is 24.3 Å². The third-order valence-electron chi connectivity index (χ3n) is 4.60. The summed E-state index contributed by atoms with van der Waals surface area (Å²) < 4.78 is 28.3. The molecule has 1 heterocycles. The average molecular weight is 485 g/mol. The van der Waals surface area contributed by atoms with E-state index >= 15 is 0 Å². The predicted octanol–water partition coefficient (Wildman–Crippen LogP) is 3.45. The van der Waals surface area contributed by atoms with Gasteiger partial charge >= 0.3 is 0 Å². The van der Waals surface area contributed by atoms with E-state index in [1.165, 1.54) is 6.92 Å². The molecule has 27 heavy (non-hydrogen) atoms. The minimum absolute atomic E-state index is 0.00970. The van der Waals surface area contributed by atoms with Gasteiger partial charge in [-0.05, 0) is 52.4 Å². The monoisotopic (exact) mass is 485 g/mol. The Morgan fingerprint density at radius 2 is 1.93 bits per heavy atom. The number of amides is 2. The highest BCUT2D eigenvalue weighted by atomic mass is 127. The average Bonchev–Trinajstić information content (AvgIpc) is 2.95. The maximum Gasteiger partial charge on any atom is 0.267 e. The molecule has 1 aliphatic heterocycles. The number of rotatable bonds is 4. The van der Waals surface area contributed by atoms with Crippen molar-refractivity contribution in [2.75, 3.05) is 13.1 Å². The number of carbonyl (C=O) groups excluding carboxylic acids is 2. The van der Waals surface area contributed by atoms with E-state index in [1.54, 1.807) is 12.1 Å². The van der Waals surface area contributed by atoms with Crippen LogP contribution in [0.2, 0.25) is 0 Å². The lowest BCUT2D eigenvalue weighted by molar-refractivity contribution is -0.131. The van der Waals surface area contributed by atoms with Gasteiger partial charge in [-0.15, -0.1) is 0 Å². The Labute approximate surface area is 168 Å². The number of fused-ring (bicyclic) bond motifs is 1. The van der Waals surface area contributed by atoms with Gasteiger partial charge in [0.25, 0.3) is 11.8 Å². The van der Waals surface area contributed by atoms with Crippen LogP contribution in [0.15, 0.2) is 36.4 Å². The number of benzene rings is 2. The molecule has 8 heteroatoms. The van der Waals surface area contributed by atoms with Gasteiger partial charge in [0.05, 0.1) is 19.1 Å². The smallest absolute Gasteiger partial charge is 0.267 e. The summed E-state index contributed by atoms with van der Waals surface area (Å²) in [5.74, 6) is -4.07. The van der Waals surface area contributed by atoms with Crippen LogP contribution < -0.4 is 5.32 Å². The zero-order valence-corrected chi connectivity index (χ0v) is 16.7. The zero-order chi connectivity index (χ0) is 19.8. The van der Waals surface area contributed by atoms with Gasteiger partial charge in [-0.2, -0.15) is 0 Å². The highest BCUT2D eigenvalue weighted by molar-refractivity contribution is 14.1. The second kappa shape index (κ2) is 7.49. The summed E-state index contributed by atoms with van der Waals surface area (Å²) >= 11 is 2.18. The first kappa shape index (κ1) is 19.7. The quantitative estimate of drug-likeness (QED) is 0.515. The molecule has 5 nitrogen and oxygen atoms in total. The Hall–Kier alpha value is -2.10. The molecule has 0 spiro atoms. The van der Waals surface area contributed by atoms with Crippen molar-refractivity contribution in [3.8, 4) is 0 Å². The van der Waals surface area contributed by atoms with Crippen LogP contribution >= 0.6 is 22.6 Å². The van der Waals surface area contributed by atoms with Crippen molar-refractivity contribution in [3.05, 3.63) is 45.5 Å². The van der Waals surface area contributed by atoms with Crippen LogP contribution in [-0.2, 0) is 4.79 Å². The van der Waals surface area contributed by atoms with E-state index in [0.717, 1.165) is 19.2 Å². The number of hydrogen-bond acceptors (Lipinski definition) is 3. The summed E-state index contributed by atoms with van der Waals surface area (Å²) in [7, 11) is 0. The van der Waals surface area contributed by atoms with Crippen LogP contribution in [-0.4, -0.2) is 47.5 Å². The van der Waals surface area contributed by atoms with Gasteiger partial charge < -0.3 is 15.6 Å². The van der Waals surface area contributed by atoms with Crippen molar-refractivity contribution in [1.29, 1.82) is 5.41 Å². The molecule has 3 rings (SSSR count). The predicted molar refractivity (Wildman–Crippen MR) is 107 cm³/mol. The Bertz CT molecular complexity index is 932. The summed E-state index contributed by atoms with van der Waals surface area (Å²) in [5.41, 5.74) is 0.431. The van der Waals surface area contributed by atoms with Gasteiger partial charge in [0.2, 0.25) is 5.91 Å². The normalized spacial score (nSPS) is 18.5. The largest absolute Gasteiger partial charge is 0.343 e. The molecule has 0 aromatic heterocycles. The Morgan fingerprint density at radius 3 is 2.63 bits per heavy atom. The molecule has 1 atom stereocenters. The number of nitrogens with one attached hydrogen (secondary N) is 2. The highest BCUT2D eigenvalue weighted by Gasteiger charge is 2.47. The van der Waals surface area contributed by atoms with Crippen molar-refractivity contribution in [3.63, 3.8) is 0 Å². The van der Waals surface area contributed by atoms with Crippen molar-refractivity contribution in [2.45, 2.75) is 25.3 Å². The van der Waals surface area contributed by atoms with Crippen LogP contribution in [0.3, 0.4) is 0 Å². The third-order valence-corrected chi connectivity index (χ3v) is 5.54. The summed E-state index contributed by atoms with van der Waals surface area (Å²) in [6.45, 7) is 0.288. The topological polar surface area (TPSA) is 73.3 Å². The Balaban J connectivity index is 1.74. The van der Waals surface area contributed by atoms with Crippen molar-refractivity contribution in [1.82, 2.24) is 10.2 Å². The van der Waals surface area contributed by atoms with Crippen LogP contribution in [0, 0.1) is 8.98 Å². The summed E-state index contributed by atoms with van der Waals surface area (Å²) in [6, 6.07) is 10.00. The molecule has 2 aromatic rings. The van der Waals surface area contributed by atoms with E-state index in [1.807, 2.05) is 24.3 Å². The fraction of sp³-hybridized carbons (Fsp3) is 0.316. The van der Waals surface area contributed by atoms with Crippen LogP contribution in [0.1, 0.15) is 23.7 Å². The van der Waals surface area contributed by atoms with Gasteiger partial charge in [0, 0.05) is 21.3 Å². The molecular formula is C19H18F2IN3O2. The first-order valence-corrected chi connectivity index (χ1v) is 9.45. The van der Waals surface area contributed by atoms with E-state index in [-0.39, 0.29) is 12.3 Å². The van der Waals surface area contributed by atoms with Crippen LogP contribution in [0.4, 0.5) is 8.78 Å². The SMILES string of the molecule is CC(=N)[C@@H]1CC(F)(F)CN1C(=O)CNC(=O)c1cccc2c(I)cccc12. The van der Waals surface area contributed by atoms with E-state index in [2.05, 4.69) is 27.9 Å². The zero-order valence-electron chi connectivity index (χ0n) is 14.6. The molecule has 142 valence electrons. The van der Waals surface area contributed by atoms with Gasteiger partial charge in [-0.25, -0.2) is 8.78 Å². The fourth-order valence-corrected chi connectivity index (χ4v) is 3.97. The third kappa shape index (κ3) is 4.10. The van der Waals surface area contributed by atoms with Gasteiger partial charge in [-0.3, -0.25) is 9.59 Å². The molecule has 1 saturated heterocycles. The second-order valence-corrected chi connectivity index (χ2v) is 7.77. The molecule has 0 unspecified atom stereocenters. The molecule has 1 aliphatic rings. The Morgan fingerprint density at radius 1 is 1.26 bits per heavy atom. The van der Waals surface area contributed by atoms with Crippen LogP contribution in [0.5, 0.6) is 0 Å². The van der Waals surface area contributed by atoms with E-state index in [9.17, 15) is 18.4 Å². The lowest BCUT2D eigenvalue weighted by Gasteiger charge is -2.23. The van der Waals surface area contributed by atoms with Crippen molar-refractivity contribution in [2.24, 2.45) is 0 Å². The number of halogens is 3.